The predicted molar refractivity (Wildman–Crippen MR) is 79.9 cm³/mol. The van der Waals surface area contributed by atoms with Crippen LogP contribution >= 0.6 is 0 Å². The quantitative estimate of drug-likeness (QED) is 0.944. The van der Waals surface area contributed by atoms with E-state index in [-0.39, 0.29) is 5.92 Å². The molecule has 0 amide bonds. The molecular weight excluding hydrogens is 278 g/mol. The Morgan fingerprint density at radius 2 is 2.23 bits per heavy atom. The zero-order chi connectivity index (χ0) is 15.3. The Bertz CT molecular complexity index is 789. The maximum absolute atomic E-state index is 11.4. The smallest absolute Gasteiger partial charge is 0.306 e. The highest BCUT2D eigenvalue weighted by Crippen LogP contribution is 2.54. The summed E-state index contributed by atoms with van der Waals surface area (Å²) in [6.45, 7) is 0.778. The van der Waals surface area contributed by atoms with Gasteiger partial charge in [-0.1, -0.05) is 0 Å². The van der Waals surface area contributed by atoms with Crippen LogP contribution in [0.2, 0.25) is 0 Å². The van der Waals surface area contributed by atoms with Crippen LogP contribution in [0.25, 0.3) is 10.9 Å². The second kappa shape index (κ2) is 4.84. The highest BCUT2D eigenvalue weighted by molar-refractivity contribution is 5.80. The molecule has 4 atom stereocenters. The lowest BCUT2D eigenvalue weighted by Gasteiger charge is -2.35. The van der Waals surface area contributed by atoms with Gasteiger partial charge in [0.25, 0.3) is 0 Å². The van der Waals surface area contributed by atoms with E-state index in [1.165, 1.54) is 0 Å². The van der Waals surface area contributed by atoms with Gasteiger partial charge < -0.3 is 5.11 Å². The van der Waals surface area contributed by atoms with Gasteiger partial charge in [0.1, 0.15) is 0 Å². The molecule has 2 aliphatic rings. The van der Waals surface area contributed by atoms with Gasteiger partial charge in [0.2, 0.25) is 0 Å². The zero-order valence-electron chi connectivity index (χ0n) is 12.1. The summed E-state index contributed by atoms with van der Waals surface area (Å²) in [5.41, 5.74) is 1.66. The summed E-state index contributed by atoms with van der Waals surface area (Å²) in [6.07, 6.45) is 4.76. The van der Waals surface area contributed by atoms with Gasteiger partial charge in [0.05, 0.1) is 29.3 Å². The van der Waals surface area contributed by atoms with E-state index in [1.54, 1.807) is 12.3 Å². The van der Waals surface area contributed by atoms with Gasteiger partial charge in [-0.25, -0.2) is 0 Å². The molecule has 112 valence electrons. The van der Waals surface area contributed by atoms with Crippen LogP contribution in [0.1, 0.15) is 24.8 Å². The first-order chi connectivity index (χ1) is 10.7. The lowest BCUT2D eigenvalue weighted by atomic mass is 9.70. The molecule has 2 aromatic rings. The number of nitrogens with zero attached hydrogens (tertiary/aromatic N) is 3. The lowest BCUT2D eigenvalue weighted by Crippen LogP contribution is -2.31. The molecule has 5 nitrogen and oxygen atoms in total. The molecule has 0 radical (unpaired) electrons. The summed E-state index contributed by atoms with van der Waals surface area (Å²) in [7, 11) is 0. The molecule has 0 saturated heterocycles. The summed E-state index contributed by atoms with van der Waals surface area (Å²) >= 11 is 0. The highest BCUT2D eigenvalue weighted by atomic mass is 16.4. The number of carboxylic acids is 1. The van der Waals surface area contributed by atoms with Crippen LogP contribution in [-0.4, -0.2) is 20.9 Å². The number of hydrogen-bond donors (Lipinski definition) is 1. The van der Waals surface area contributed by atoms with E-state index < -0.39 is 5.97 Å². The Labute approximate surface area is 128 Å². The summed E-state index contributed by atoms with van der Waals surface area (Å²) in [6, 6.07) is 7.73. The third kappa shape index (κ3) is 1.91. The molecule has 3 unspecified atom stereocenters. The minimum absolute atomic E-state index is 0.171. The minimum Gasteiger partial charge on any atom is -0.481 e. The number of carboxylic acid groups (broad SMARTS) is 1. The Morgan fingerprint density at radius 1 is 1.41 bits per heavy atom. The van der Waals surface area contributed by atoms with E-state index in [1.807, 2.05) is 16.8 Å². The van der Waals surface area contributed by atoms with E-state index in [4.69, 9.17) is 5.26 Å². The summed E-state index contributed by atoms with van der Waals surface area (Å²) in [5.74, 6) is 0.504. The molecule has 2 fully saturated rings. The number of hydrogen-bond acceptors (Lipinski definition) is 3. The van der Waals surface area contributed by atoms with Crippen LogP contribution in [0.4, 0.5) is 0 Å². The van der Waals surface area contributed by atoms with Crippen molar-refractivity contribution in [1.82, 2.24) is 9.78 Å². The molecule has 1 heterocycles. The zero-order valence-corrected chi connectivity index (χ0v) is 12.1. The van der Waals surface area contributed by atoms with Gasteiger partial charge in [-0.15, -0.1) is 0 Å². The number of nitriles is 1. The standard InChI is InChI=1S/C17H17N3O2/c18-7-10-1-4-16-11(5-10)8-19-20(16)9-12-6-15(17(21)22)14-3-2-13(12)14/h1,4-5,8,12-15H,2-3,6,9H2,(H,21,22)/t12?,13?,14?,15-/m0/s1. The molecule has 2 aliphatic carbocycles. The largest absolute Gasteiger partial charge is 0.481 e. The van der Waals surface area contributed by atoms with Gasteiger partial charge in [-0.2, -0.15) is 10.4 Å². The van der Waals surface area contributed by atoms with Gasteiger partial charge in [0.15, 0.2) is 0 Å². The van der Waals surface area contributed by atoms with Crippen molar-refractivity contribution in [3.63, 3.8) is 0 Å². The Balaban J connectivity index is 1.59. The number of carbonyl (C=O) groups is 1. The van der Waals surface area contributed by atoms with Crippen LogP contribution in [0.5, 0.6) is 0 Å². The Morgan fingerprint density at radius 3 is 2.86 bits per heavy atom. The van der Waals surface area contributed by atoms with Gasteiger partial charge in [-0.3, -0.25) is 9.48 Å². The van der Waals surface area contributed by atoms with Crippen LogP contribution in [0.3, 0.4) is 0 Å². The highest BCUT2D eigenvalue weighted by Gasteiger charge is 2.51. The van der Waals surface area contributed by atoms with Crippen molar-refractivity contribution < 1.29 is 9.90 Å². The monoisotopic (exact) mass is 295 g/mol. The lowest BCUT2D eigenvalue weighted by molar-refractivity contribution is -0.144. The third-order valence-corrected chi connectivity index (χ3v) is 5.56. The Kier molecular flexibility index (Phi) is 2.93. The van der Waals surface area contributed by atoms with Crippen molar-refractivity contribution in [1.29, 1.82) is 5.26 Å². The fourth-order valence-corrected chi connectivity index (χ4v) is 4.33. The van der Waals surface area contributed by atoms with Crippen molar-refractivity contribution in [2.75, 3.05) is 0 Å². The topological polar surface area (TPSA) is 78.9 Å². The molecule has 0 aliphatic heterocycles. The minimum atomic E-state index is -0.638. The SMILES string of the molecule is N#Cc1ccc2c(cnn2CC2C[C@H](C(=O)O)C3CCC23)c1. The molecule has 0 spiro atoms. The van der Waals surface area contributed by atoms with Crippen LogP contribution in [0, 0.1) is 35.0 Å². The number of aliphatic carboxylic acids is 1. The molecule has 5 heteroatoms. The normalized spacial score (nSPS) is 29.8. The number of rotatable bonds is 3. The van der Waals surface area contributed by atoms with Crippen molar-refractivity contribution in [2.24, 2.45) is 23.7 Å². The fourth-order valence-electron chi connectivity index (χ4n) is 4.33. The second-order valence-electron chi connectivity index (χ2n) is 6.56. The van der Waals surface area contributed by atoms with Crippen molar-refractivity contribution >= 4 is 16.9 Å². The van der Waals surface area contributed by atoms with Crippen molar-refractivity contribution in [3.8, 4) is 6.07 Å². The van der Waals surface area contributed by atoms with E-state index in [0.29, 0.717) is 23.3 Å². The van der Waals surface area contributed by atoms with Gasteiger partial charge >= 0.3 is 5.97 Å². The molecule has 1 aromatic heterocycles. The molecule has 2 saturated carbocycles. The number of benzene rings is 1. The summed E-state index contributed by atoms with van der Waals surface area (Å²) < 4.78 is 1.97. The fraction of sp³-hybridized carbons (Fsp3) is 0.471. The first-order valence-corrected chi connectivity index (χ1v) is 7.76. The first-order valence-electron chi connectivity index (χ1n) is 7.76. The number of aromatic nitrogens is 2. The van der Waals surface area contributed by atoms with Crippen molar-refractivity contribution in [2.45, 2.75) is 25.8 Å². The van der Waals surface area contributed by atoms with Crippen LogP contribution in [-0.2, 0) is 11.3 Å². The predicted octanol–water partition coefficient (Wildman–Crippen LogP) is 2.65. The van der Waals surface area contributed by atoms with E-state index >= 15 is 0 Å². The van der Waals surface area contributed by atoms with Gasteiger partial charge in [0, 0.05) is 11.9 Å². The van der Waals surface area contributed by atoms with Crippen molar-refractivity contribution in [3.05, 3.63) is 30.0 Å². The molecule has 1 aromatic carbocycles. The molecule has 1 N–H and O–H groups in total. The molecule has 22 heavy (non-hydrogen) atoms. The summed E-state index contributed by atoms with van der Waals surface area (Å²) in [4.78, 5) is 11.4. The third-order valence-electron chi connectivity index (χ3n) is 5.56. The second-order valence-corrected chi connectivity index (χ2v) is 6.56. The first kappa shape index (κ1) is 13.3. The average Bonchev–Trinajstić information content (AvgIpc) is 2.97. The molecule has 4 rings (SSSR count). The van der Waals surface area contributed by atoms with E-state index in [2.05, 4.69) is 11.2 Å². The van der Waals surface area contributed by atoms with E-state index in [0.717, 1.165) is 36.7 Å². The molecule has 0 bridgehead atoms. The Hall–Kier alpha value is -2.35. The van der Waals surface area contributed by atoms with E-state index in [9.17, 15) is 9.90 Å². The van der Waals surface area contributed by atoms with Crippen LogP contribution < -0.4 is 0 Å². The molecular formula is C17H17N3O2. The van der Waals surface area contributed by atoms with Crippen LogP contribution in [0.15, 0.2) is 24.4 Å². The maximum Gasteiger partial charge on any atom is 0.306 e. The average molecular weight is 295 g/mol. The maximum atomic E-state index is 11.4. The van der Waals surface area contributed by atoms with Gasteiger partial charge in [-0.05, 0) is 55.2 Å². The number of fused-ring (bicyclic) bond motifs is 2. The summed E-state index contributed by atoms with van der Waals surface area (Å²) in [5, 5.41) is 23.7.